The van der Waals surface area contributed by atoms with Gasteiger partial charge < -0.3 is 10.1 Å². The van der Waals surface area contributed by atoms with E-state index in [9.17, 15) is 14.4 Å². The number of fused-ring (bicyclic) bond motifs is 3. The van der Waals surface area contributed by atoms with E-state index in [1.54, 1.807) is 42.1 Å². The molecular formula is C29H25BrFN5O2. The predicted molar refractivity (Wildman–Crippen MR) is 147 cm³/mol. The fraction of sp³-hybridized carbons (Fsp3) is 0.207. The number of pyridine rings is 1. The van der Waals surface area contributed by atoms with Gasteiger partial charge in [-0.3, -0.25) is 9.47 Å². The van der Waals surface area contributed by atoms with E-state index in [1.165, 1.54) is 6.07 Å². The Labute approximate surface area is 228 Å². The molecule has 1 amide bonds. The van der Waals surface area contributed by atoms with Gasteiger partial charge in [-0.1, -0.05) is 34.1 Å². The van der Waals surface area contributed by atoms with Crippen molar-refractivity contribution in [1.82, 2.24) is 19.8 Å². The molecule has 1 aliphatic heterocycles. The molecule has 0 radical (unpaired) electrons. The number of rotatable bonds is 6. The maximum atomic E-state index is 14.2. The maximum absolute atomic E-state index is 14.2. The second-order valence-corrected chi connectivity index (χ2v) is 9.94. The second kappa shape index (κ2) is 11.2. The summed E-state index contributed by atoms with van der Waals surface area (Å²) in [7, 11) is 1.55. The molecule has 1 aliphatic rings. The largest absolute Gasteiger partial charge is 0.481 e. The second-order valence-electron chi connectivity index (χ2n) is 9.02. The van der Waals surface area contributed by atoms with E-state index in [2.05, 4.69) is 37.2 Å². The van der Waals surface area contributed by atoms with Crippen molar-refractivity contribution in [2.75, 3.05) is 20.2 Å². The lowest BCUT2D eigenvalue weighted by atomic mass is 10.0. The van der Waals surface area contributed by atoms with Gasteiger partial charge in [0, 0.05) is 66.0 Å². The summed E-state index contributed by atoms with van der Waals surface area (Å²) in [6, 6.07) is 16.0. The Morgan fingerprint density at radius 1 is 1.26 bits per heavy atom. The van der Waals surface area contributed by atoms with Crippen molar-refractivity contribution < 1.29 is 13.9 Å². The zero-order valence-corrected chi connectivity index (χ0v) is 22.3. The Morgan fingerprint density at radius 2 is 2.13 bits per heavy atom. The molecule has 0 spiro atoms. The quantitative estimate of drug-likeness (QED) is 0.322. The minimum absolute atomic E-state index is 0.226. The van der Waals surface area contributed by atoms with Crippen molar-refractivity contribution in [1.29, 1.82) is 5.26 Å². The van der Waals surface area contributed by atoms with E-state index in [0.717, 1.165) is 34.3 Å². The highest BCUT2D eigenvalue weighted by atomic mass is 79.9. The Hall–Kier alpha value is -4.00. The summed E-state index contributed by atoms with van der Waals surface area (Å²) in [6.07, 6.45) is 6.05. The lowest BCUT2D eigenvalue weighted by Gasteiger charge is -2.27. The maximum Gasteiger partial charge on any atom is 0.326 e. The summed E-state index contributed by atoms with van der Waals surface area (Å²) in [5, 5.41) is 13.4. The van der Waals surface area contributed by atoms with Crippen molar-refractivity contribution >= 4 is 38.9 Å². The fourth-order valence-corrected chi connectivity index (χ4v) is 5.10. The fourth-order valence-electron chi connectivity index (χ4n) is 4.77. The lowest BCUT2D eigenvalue weighted by molar-refractivity contribution is 0.240. The molecule has 4 aromatic rings. The van der Waals surface area contributed by atoms with Crippen molar-refractivity contribution in [2.24, 2.45) is 0 Å². The number of benzene rings is 2. The molecule has 0 unspecified atom stereocenters. The van der Waals surface area contributed by atoms with Crippen LogP contribution in [0.3, 0.4) is 0 Å². The highest BCUT2D eigenvalue weighted by Crippen LogP contribution is 2.32. The van der Waals surface area contributed by atoms with Crippen molar-refractivity contribution in [3.8, 4) is 11.9 Å². The molecule has 9 heteroatoms. The van der Waals surface area contributed by atoms with Crippen LogP contribution in [-0.2, 0) is 19.5 Å². The third-order valence-corrected chi connectivity index (χ3v) is 7.13. The van der Waals surface area contributed by atoms with E-state index in [0.29, 0.717) is 47.5 Å². The molecule has 0 saturated heterocycles. The summed E-state index contributed by atoms with van der Waals surface area (Å²) in [5.41, 5.74) is 4.70. The standard InChI is InChI=1S/C29H25BrFN5O2/c1-38-28-14-20(8-10-33-28)17-34-29(37)36-26-7-4-19(16-32)13-23(26)24-18-35(12-9-27(24)36)11-2-3-21-5-6-22(30)15-25(21)31/h2-8,10,13-15H,9,11-12,17-18H2,1H3,(H,34,37)/b3-2+. The molecule has 0 saturated carbocycles. The number of amides is 1. The molecule has 192 valence electrons. The minimum atomic E-state index is -0.278. The Bertz CT molecular complexity index is 1590. The van der Waals surface area contributed by atoms with Gasteiger partial charge in [0.15, 0.2) is 0 Å². The number of hydrogen-bond acceptors (Lipinski definition) is 5. The van der Waals surface area contributed by atoms with Gasteiger partial charge in [0.1, 0.15) is 5.82 Å². The number of nitrogens with zero attached hydrogens (tertiary/aromatic N) is 4. The van der Waals surface area contributed by atoms with Crippen LogP contribution in [0.5, 0.6) is 5.88 Å². The molecule has 0 aliphatic carbocycles. The average molecular weight is 574 g/mol. The molecule has 2 aromatic carbocycles. The van der Waals surface area contributed by atoms with Gasteiger partial charge in [-0.2, -0.15) is 5.26 Å². The molecule has 1 N–H and O–H groups in total. The van der Waals surface area contributed by atoms with Crippen LogP contribution in [-0.4, -0.2) is 40.7 Å². The first kappa shape index (κ1) is 25.6. The number of nitrogens with one attached hydrogen (secondary N) is 1. The number of aromatic nitrogens is 2. The number of carbonyl (C=O) groups is 1. The number of halogens is 2. The van der Waals surface area contributed by atoms with Gasteiger partial charge in [-0.05, 0) is 47.5 Å². The number of hydrogen-bond donors (Lipinski definition) is 1. The zero-order valence-electron chi connectivity index (χ0n) is 20.7. The predicted octanol–water partition coefficient (Wildman–Crippen LogP) is 5.65. The van der Waals surface area contributed by atoms with Gasteiger partial charge in [0.05, 0.1) is 24.3 Å². The number of nitriles is 1. The van der Waals surface area contributed by atoms with Crippen LogP contribution in [0, 0.1) is 17.1 Å². The lowest BCUT2D eigenvalue weighted by Crippen LogP contribution is -2.34. The monoisotopic (exact) mass is 573 g/mol. The van der Waals surface area contributed by atoms with Gasteiger partial charge in [-0.15, -0.1) is 0 Å². The molecule has 0 fully saturated rings. The van der Waals surface area contributed by atoms with Gasteiger partial charge in [0.25, 0.3) is 0 Å². The highest BCUT2D eigenvalue weighted by molar-refractivity contribution is 9.10. The van der Waals surface area contributed by atoms with E-state index in [-0.39, 0.29) is 11.8 Å². The summed E-state index contributed by atoms with van der Waals surface area (Å²) in [6.45, 7) is 2.33. The van der Waals surface area contributed by atoms with Crippen LogP contribution in [0.15, 0.2) is 65.3 Å². The third kappa shape index (κ3) is 5.32. The summed E-state index contributed by atoms with van der Waals surface area (Å²) in [5.74, 6) is 0.210. The van der Waals surface area contributed by atoms with Gasteiger partial charge in [-0.25, -0.2) is 14.2 Å². The SMILES string of the molecule is COc1cc(CNC(=O)n2c3c(c4cc(C#N)ccc42)CN(C/C=C/c2ccc(Br)cc2F)CC3)ccn1. The van der Waals surface area contributed by atoms with Crippen molar-refractivity contribution in [2.45, 2.75) is 19.5 Å². The van der Waals surface area contributed by atoms with Crippen LogP contribution >= 0.6 is 15.9 Å². The molecular weight excluding hydrogens is 549 g/mol. The molecule has 5 rings (SSSR count). The first-order valence-corrected chi connectivity index (χ1v) is 12.9. The van der Waals surface area contributed by atoms with Crippen LogP contribution in [0.25, 0.3) is 17.0 Å². The summed E-state index contributed by atoms with van der Waals surface area (Å²) < 4.78 is 21.8. The Balaban J connectivity index is 1.39. The van der Waals surface area contributed by atoms with Crippen molar-refractivity contribution in [3.63, 3.8) is 0 Å². The van der Waals surface area contributed by atoms with Gasteiger partial charge >= 0.3 is 6.03 Å². The van der Waals surface area contributed by atoms with Gasteiger partial charge in [0.2, 0.25) is 5.88 Å². The number of carbonyl (C=O) groups excluding carboxylic acids is 1. The molecule has 2 aromatic heterocycles. The number of methoxy groups -OCH3 is 1. The van der Waals surface area contributed by atoms with E-state index in [4.69, 9.17) is 4.74 Å². The van der Waals surface area contributed by atoms with Crippen LogP contribution in [0.2, 0.25) is 0 Å². The highest BCUT2D eigenvalue weighted by Gasteiger charge is 2.26. The first-order valence-electron chi connectivity index (χ1n) is 12.1. The molecule has 38 heavy (non-hydrogen) atoms. The average Bonchev–Trinajstić information content (AvgIpc) is 3.26. The molecule has 0 bridgehead atoms. The smallest absolute Gasteiger partial charge is 0.326 e. The number of ether oxygens (including phenoxy) is 1. The Kier molecular flexibility index (Phi) is 7.54. The normalized spacial score (nSPS) is 13.4. The van der Waals surface area contributed by atoms with E-state index >= 15 is 0 Å². The summed E-state index contributed by atoms with van der Waals surface area (Å²) >= 11 is 3.28. The van der Waals surface area contributed by atoms with Crippen LogP contribution in [0.4, 0.5) is 9.18 Å². The van der Waals surface area contributed by atoms with E-state index < -0.39 is 0 Å². The molecule has 3 heterocycles. The minimum Gasteiger partial charge on any atom is -0.481 e. The van der Waals surface area contributed by atoms with Crippen LogP contribution < -0.4 is 10.1 Å². The first-order chi connectivity index (χ1) is 18.5. The zero-order chi connectivity index (χ0) is 26.6. The Morgan fingerprint density at radius 3 is 2.92 bits per heavy atom. The molecule has 0 atom stereocenters. The van der Waals surface area contributed by atoms with Crippen LogP contribution in [0.1, 0.15) is 27.9 Å². The van der Waals surface area contributed by atoms with Crippen molar-refractivity contribution in [3.05, 3.63) is 99.0 Å². The summed E-state index contributed by atoms with van der Waals surface area (Å²) in [4.78, 5) is 19.8. The molecule has 7 nitrogen and oxygen atoms in total. The third-order valence-electron chi connectivity index (χ3n) is 6.64. The van der Waals surface area contributed by atoms with E-state index in [1.807, 2.05) is 30.3 Å². The topological polar surface area (TPSA) is 83.2 Å².